The number of carboxylic acid groups (broad SMARTS) is 1. The van der Waals surface area contributed by atoms with Crippen molar-refractivity contribution >= 4 is 12.2 Å². The Morgan fingerprint density at radius 2 is 2.54 bits per heavy atom. The maximum Gasteiger partial charge on any atom is 0.373 e. The molecular formula is C8H9NO4. The number of furan rings is 1. The summed E-state index contributed by atoms with van der Waals surface area (Å²) >= 11 is 0. The van der Waals surface area contributed by atoms with Crippen molar-refractivity contribution < 1.29 is 19.1 Å². The van der Waals surface area contributed by atoms with Crippen molar-refractivity contribution in [1.82, 2.24) is 0 Å². The average Bonchev–Trinajstić information content (AvgIpc) is 2.55. The highest BCUT2D eigenvalue weighted by atomic mass is 16.5. The van der Waals surface area contributed by atoms with E-state index in [9.17, 15) is 10.0 Å². The molecule has 0 bridgehead atoms. The van der Waals surface area contributed by atoms with Gasteiger partial charge in [0, 0.05) is 6.92 Å². The first-order valence-electron chi connectivity index (χ1n) is 3.68. The van der Waals surface area contributed by atoms with E-state index in [4.69, 9.17) is 9.52 Å². The zero-order valence-corrected chi connectivity index (χ0v) is 7.01. The number of aliphatic carboxylic acids is 1. The van der Waals surface area contributed by atoms with Crippen molar-refractivity contribution in [3.63, 3.8) is 0 Å². The topological polar surface area (TPSA) is 76.5 Å². The van der Waals surface area contributed by atoms with Crippen molar-refractivity contribution in [1.29, 1.82) is 0 Å². The minimum atomic E-state index is -1.17. The number of nitrogens with zero attached hydrogens (tertiary/aromatic N) is 1. The van der Waals surface area contributed by atoms with Crippen LogP contribution in [0.4, 0.5) is 0 Å². The number of carbonyl (C=O) groups is 1. The smallest absolute Gasteiger partial charge is 0.373 e. The summed E-state index contributed by atoms with van der Waals surface area (Å²) in [5, 5.41) is 19.6. The van der Waals surface area contributed by atoms with Crippen molar-refractivity contribution in [3.8, 4) is 0 Å². The largest absolute Gasteiger partial charge is 0.623 e. The first kappa shape index (κ1) is 9.31. The first-order valence-corrected chi connectivity index (χ1v) is 3.68. The predicted octanol–water partition coefficient (Wildman–Crippen LogP) is 0.682. The van der Waals surface area contributed by atoms with Gasteiger partial charge >= 0.3 is 5.97 Å². The molecule has 0 aliphatic heterocycles. The lowest BCUT2D eigenvalue weighted by atomic mass is 10.3. The van der Waals surface area contributed by atoms with Crippen LogP contribution in [-0.2, 0) is 4.79 Å². The SMILES string of the molecule is CC(C(=O)O)/[N+]([O-])=C/c1ccco1. The molecule has 0 aromatic carbocycles. The van der Waals surface area contributed by atoms with Crippen LogP contribution in [0.3, 0.4) is 0 Å². The third-order valence-corrected chi connectivity index (χ3v) is 1.54. The second-order valence-electron chi connectivity index (χ2n) is 2.52. The van der Waals surface area contributed by atoms with Crippen molar-refractivity contribution in [2.75, 3.05) is 0 Å². The van der Waals surface area contributed by atoms with Crippen LogP contribution < -0.4 is 0 Å². The third kappa shape index (κ3) is 2.33. The molecular weight excluding hydrogens is 174 g/mol. The summed E-state index contributed by atoms with van der Waals surface area (Å²) in [5.74, 6) is -0.832. The zero-order chi connectivity index (χ0) is 9.84. The molecule has 1 unspecified atom stereocenters. The van der Waals surface area contributed by atoms with Crippen LogP contribution in [0.2, 0.25) is 0 Å². The fourth-order valence-electron chi connectivity index (χ4n) is 0.711. The van der Waals surface area contributed by atoms with Crippen LogP contribution in [0.15, 0.2) is 22.8 Å². The fraction of sp³-hybridized carbons (Fsp3) is 0.250. The molecule has 1 N–H and O–H groups in total. The number of carboxylic acids is 1. The van der Waals surface area contributed by atoms with Gasteiger partial charge in [-0.1, -0.05) is 0 Å². The summed E-state index contributed by atoms with van der Waals surface area (Å²) in [6.45, 7) is 1.30. The highest BCUT2D eigenvalue weighted by Crippen LogP contribution is 1.97. The van der Waals surface area contributed by atoms with Gasteiger partial charge < -0.3 is 14.7 Å². The normalized spacial score (nSPS) is 14.1. The maximum atomic E-state index is 11.1. The van der Waals surface area contributed by atoms with E-state index < -0.39 is 12.0 Å². The minimum Gasteiger partial charge on any atom is -0.623 e. The van der Waals surface area contributed by atoms with Gasteiger partial charge in [0.15, 0.2) is 5.76 Å². The molecule has 70 valence electrons. The van der Waals surface area contributed by atoms with Crippen LogP contribution in [0.5, 0.6) is 0 Å². The summed E-state index contributed by atoms with van der Waals surface area (Å²) < 4.78 is 5.18. The van der Waals surface area contributed by atoms with Crippen molar-refractivity contribution in [2.45, 2.75) is 13.0 Å². The van der Waals surface area contributed by atoms with Crippen molar-refractivity contribution in [2.24, 2.45) is 0 Å². The third-order valence-electron chi connectivity index (χ3n) is 1.54. The van der Waals surface area contributed by atoms with Crippen molar-refractivity contribution in [3.05, 3.63) is 29.4 Å². The Labute approximate surface area is 74.5 Å². The molecule has 0 radical (unpaired) electrons. The van der Waals surface area contributed by atoms with E-state index >= 15 is 0 Å². The Hall–Kier alpha value is -1.78. The Bertz CT molecular complexity index is 315. The molecule has 1 heterocycles. The van der Waals surface area contributed by atoms with E-state index in [2.05, 4.69) is 0 Å². The zero-order valence-electron chi connectivity index (χ0n) is 7.01. The van der Waals surface area contributed by atoms with Gasteiger partial charge in [0.2, 0.25) is 6.21 Å². The lowest BCUT2D eigenvalue weighted by molar-refractivity contribution is -0.480. The van der Waals surface area contributed by atoms with E-state index in [1.54, 1.807) is 12.1 Å². The van der Waals surface area contributed by atoms with Gasteiger partial charge in [0.25, 0.3) is 6.04 Å². The van der Waals surface area contributed by atoms with Gasteiger partial charge in [0.1, 0.15) is 0 Å². The van der Waals surface area contributed by atoms with Crippen LogP contribution in [-0.4, -0.2) is 28.1 Å². The molecule has 0 saturated heterocycles. The highest BCUT2D eigenvalue weighted by Gasteiger charge is 2.18. The molecule has 13 heavy (non-hydrogen) atoms. The predicted molar refractivity (Wildman–Crippen MR) is 44.6 cm³/mol. The summed E-state index contributed by atoms with van der Waals surface area (Å²) in [4.78, 5) is 10.4. The van der Waals surface area contributed by atoms with Crippen LogP contribution in [0.25, 0.3) is 0 Å². The van der Waals surface area contributed by atoms with Gasteiger partial charge in [-0.2, -0.15) is 4.74 Å². The maximum absolute atomic E-state index is 11.1. The lowest BCUT2D eigenvalue weighted by Crippen LogP contribution is -2.27. The Balaban J connectivity index is 2.78. The number of hydrogen-bond acceptors (Lipinski definition) is 3. The Morgan fingerprint density at radius 1 is 1.85 bits per heavy atom. The van der Waals surface area contributed by atoms with E-state index in [1.807, 2.05) is 0 Å². The van der Waals surface area contributed by atoms with Gasteiger partial charge in [-0.15, -0.1) is 0 Å². The van der Waals surface area contributed by atoms with Crippen LogP contribution in [0, 0.1) is 5.21 Å². The number of rotatable bonds is 3. The van der Waals surface area contributed by atoms with Gasteiger partial charge in [-0.05, 0) is 12.1 Å². The molecule has 0 aliphatic rings. The van der Waals surface area contributed by atoms with Crippen LogP contribution in [0.1, 0.15) is 12.7 Å². The summed E-state index contributed by atoms with van der Waals surface area (Å²) in [5.41, 5.74) is 0. The molecule has 5 nitrogen and oxygen atoms in total. The van der Waals surface area contributed by atoms with E-state index in [0.717, 1.165) is 6.21 Å². The molecule has 1 rings (SSSR count). The quantitative estimate of drug-likeness (QED) is 0.323. The molecule has 1 aromatic rings. The highest BCUT2D eigenvalue weighted by molar-refractivity contribution is 5.75. The Morgan fingerprint density at radius 3 is 3.00 bits per heavy atom. The van der Waals surface area contributed by atoms with Crippen LogP contribution >= 0.6 is 0 Å². The molecule has 5 heteroatoms. The van der Waals surface area contributed by atoms with E-state index in [0.29, 0.717) is 10.5 Å². The molecule has 0 fully saturated rings. The minimum absolute atomic E-state index is 0.334. The monoisotopic (exact) mass is 183 g/mol. The van der Waals surface area contributed by atoms with E-state index in [1.165, 1.54) is 13.2 Å². The number of hydroxylamine groups is 1. The van der Waals surface area contributed by atoms with Gasteiger partial charge in [0.05, 0.1) is 6.26 Å². The standard InChI is InChI=1S/C8H9NO4/c1-6(8(10)11)9(12)5-7-3-2-4-13-7/h2-6H,1H3,(H,10,11)/b9-5-. The molecule has 1 atom stereocenters. The van der Waals surface area contributed by atoms with E-state index in [-0.39, 0.29) is 0 Å². The van der Waals surface area contributed by atoms with Gasteiger partial charge in [-0.3, -0.25) is 0 Å². The van der Waals surface area contributed by atoms with Gasteiger partial charge in [-0.25, -0.2) is 4.79 Å². The molecule has 0 spiro atoms. The summed E-state index contributed by atoms with van der Waals surface area (Å²) in [6, 6.07) is 2.08. The summed E-state index contributed by atoms with van der Waals surface area (Å²) in [7, 11) is 0. The lowest BCUT2D eigenvalue weighted by Gasteiger charge is -2.06. The fourth-order valence-corrected chi connectivity index (χ4v) is 0.711. The summed E-state index contributed by atoms with van der Waals surface area (Å²) in [6.07, 6.45) is 2.50. The molecule has 0 amide bonds. The second-order valence-corrected chi connectivity index (χ2v) is 2.52. The number of hydrogen-bond donors (Lipinski definition) is 1. The molecule has 1 aromatic heterocycles. The first-order chi connectivity index (χ1) is 6.11. The molecule has 0 aliphatic carbocycles. The second kappa shape index (κ2) is 3.75. The molecule has 0 saturated carbocycles. The Kier molecular flexibility index (Phi) is 2.69. The average molecular weight is 183 g/mol.